The van der Waals surface area contributed by atoms with E-state index in [9.17, 15) is 0 Å². The summed E-state index contributed by atoms with van der Waals surface area (Å²) in [6.07, 6.45) is 1.04. The van der Waals surface area contributed by atoms with E-state index in [-0.39, 0.29) is 15.1 Å². The normalized spacial score (nSPS) is 19.4. The third-order valence-corrected chi connectivity index (χ3v) is 5.54. The summed E-state index contributed by atoms with van der Waals surface area (Å²) < 4.78 is 11.3. The minimum atomic E-state index is 0.123. The van der Waals surface area contributed by atoms with Crippen LogP contribution in [0.5, 0.6) is 0 Å². The molecule has 2 atom stereocenters. The van der Waals surface area contributed by atoms with Crippen LogP contribution in [-0.4, -0.2) is 6.61 Å². The highest BCUT2D eigenvalue weighted by Gasteiger charge is 2.20. The number of hydrogen-bond donors (Lipinski definition) is 0. The second kappa shape index (κ2) is 5.82. The third kappa shape index (κ3) is 2.31. The Bertz CT molecular complexity index is 1050. The zero-order valence-corrected chi connectivity index (χ0v) is 14.2. The van der Waals surface area contributed by atoms with Gasteiger partial charge in [0, 0.05) is 6.42 Å². The first-order valence-electron chi connectivity index (χ1n) is 8.27. The van der Waals surface area contributed by atoms with Crippen LogP contribution >= 0.6 is 9.03 Å². The largest absolute Gasteiger partial charge is 0.336 e. The van der Waals surface area contributed by atoms with Gasteiger partial charge in [0.2, 0.25) is 0 Å². The number of benzene rings is 4. The number of hydrogen-bond acceptors (Lipinski definition) is 2. The maximum atomic E-state index is 5.91. The molecule has 0 radical (unpaired) electrons. The Morgan fingerprint density at radius 1 is 0.792 bits per heavy atom. The molecule has 24 heavy (non-hydrogen) atoms. The second-order valence-electron chi connectivity index (χ2n) is 6.26. The fourth-order valence-corrected chi connectivity index (χ4v) is 4.31. The summed E-state index contributed by atoms with van der Waals surface area (Å²) in [7, 11) is 0.140. The molecule has 0 bridgehead atoms. The topological polar surface area (TPSA) is 18.5 Å². The molecule has 3 heteroatoms. The fraction of sp³-hybridized carbons (Fsp3) is 0.143. The Morgan fingerprint density at radius 2 is 1.58 bits per heavy atom. The van der Waals surface area contributed by atoms with Crippen LogP contribution in [0.3, 0.4) is 0 Å². The van der Waals surface area contributed by atoms with E-state index in [0.29, 0.717) is 0 Å². The van der Waals surface area contributed by atoms with Gasteiger partial charge in [-0.3, -0.25) is 0 Å². The van der Waals surface area contributed by atoms with Crippen molar-refractivity contribution in [3.8, 4) is 0 Å². The van der Waals surface area contributed by atoms with Gasteiger partial charge in [-0.1, -0.05) is 54.6 Å². The maximum Gasteiger partial charge on any atom is 0.155 e. The van der Waals surface area contributed by atoms with Crippen molar-refractivity contribution in [3.63, 3.8) is 0 Å². The van der Waals surface area contributed by atoms with Gasteiger partial charge in [-0.15, -0.1) is 0 Å². The van der Waals surface area contributed by atoms with Crippen LogP contribution in [0.25, 0.3) is 32.3 Å². The monoisotopic (exact) mass is 332 g/mol. The molecule has 4 aromatic carbocycles. The molecule has 1 aliphatic heterocycles. The van der Waals surface area contributed by atoms with Crippen molar-refractivity contribution in [2.24, 2.45) is 0 Å². The van der Waals surface area contributed by atoms with E-state index in [1.54, 1.807) is 0 Å². The SMILES string of the molecule is c1ccc2cc3c(ccc4cccc(C5CCOPO5)c43)cc2c1. The molecule has 0 N–H and O–H groups in total. The van der Waals surface area contributed by atoms with Gasteiger partial charge in [0.05, 0.1) is 12.7 Å². The van der Waals surface area contributed by atoms with Gasteiger partial charge in [-0.2, -0.15) is 0 Å². The van der Waals surface area contributed by atoms with E-state index in [1.807, 2.05) is 0 Å². The molecule has 1 fully saturated rings. The van der Waals surface area contributed by atoms with E-state index in [4.69, 9.17) is 9.05 Å². The molecule has 4 aromatic rings. The lowest BCUT2D eigenvalue weighted by atomic mass is 9.92. The number of rotatable bonds is 1. The summed E-state index contributed by atoms with van der Waals surface area (Å²) in [5, 5.41) is 7.74. The van der Waals surface area contributed by atoms with Crippen molar-refractivity contribution < 1.29 is 9.05 Å². The fourth-order valence-electron chi connectivity index (χ4n) is 3.68. The molecule has 118 valence electrons. The van der Waals surface area contributed by atoms with Crippen molar-refractivity contribution in [1.29, 1.82) is 0 Å². The third-order valence-electron chi connectivity index (χ3n) is 4.84. The second-order valence-corrected chi connectivity index (χ2v) is 6.95. The van der Waals surface area contributed by atoms with Crippen molar-refractivity contribution >= 4 is 41.4 Å². The predicted molar refractivity (Wildman–Crippen MR) is 102 cm³/mol. The Balaban J connectivity index is 1.86. The van der Waals surface area contributed by atoms with Gasteiger partial charge in [-0.25, -0.2) is 0 Å². The zero-order valence-electron chi connectivity index (χ0n) is 13.2. The number of fused-ring (bicyclic) bond motifs is 4. The Hall–Kier alpha value is -1.99. The molecule has 0 amide bonds. The smallest absolute Gasteiger partial charge is 0.155 e. The summed E-state index contributed by atoms with van der Waals surface area (Å²) in [4.78, 5) is 0. The van der Waals surface area contributed by atoms with Gasteiger partial charge in [-0.05, 0) is 50.0 Å². The van der Waals surface area contributed by atoms with Crippen LogP contribution in [0.1, 0.15) is 18.1 Å². The highest BCUT2D eigenvalue weighted by molar-refractivity contribution is 7.26. The van der Waals surface area contributed by atoms with E-state index < -0.39 is 0 Å². The van der Waals surface area contributed by atoms with Crippen LogP contribution < -0.4 is 0 Å². The average molecular weight is 332 g/mol. The molecule has 1 heterocycles. The molecule has 0 aliphatic carbocycles. The van der Waals surface area contributed by atoms with Gasteiger partial charge < -0.3 is 9.05 Å². The Labute approximate surface area is 142 Å². The van der Waals surface area contributed by atoms with Crippen molar-refractivity contribution in [2.75, 3.05) is 6.61 Å². The molecular weight excluding hydrogens is 315 g/mol. The molecular formula is C21H17O2P. The lowest BCUT2D eigenvalue weighted by molar-refractivity contribution is 0.122. The summed E-state index contributed by atoms with van der Waals surface area (Å²) in [5.74, 6) is 0. The maximum absolute atomic E-state index is 5.91. The quantitative estimate of drug-likeness (QED) is 0.237. The van der Waals surface area contributed by atoms with E-state index >= 15 is 0 Å². The molecule has 0 saturated carbocycles. The van der Waals surface area contributed by atoms with Gasteiger partial charge in [0.15, 0.2) is 9.03 Å². The molecule has 2 nitrogen and oxygen atoms in total. The minimum absolute atomic E-state index is 0.123. The van der Waals surface area contributed by atoms with Crippen molar-refractivity contribution in [3.05, 3.63) is 72.3 Å². The van der Waals surface area contributed by atoms with Crippen LogP contribution in [0.2, 0.25) is 0 Å². The van der Waals surface area contributed by atoms with Crippen molar-refractivity contribution in [1.82, 2.24) is 0 Å². The Kier molecular flexibility index (Phi) is 3.48. The molecule has 0 aromatic heterocycles. The zero-order chi connectivity index (χ0) is 15.9. The molecule has 0 spiro atoms. The Morgan fingerprint density at radius 3 is 2.42 bits per heavy atom. The van der Waals surface area contributed by atoms with Gasteiger partial charge in [0.1, 0.15) is 0 Å². The lowest BCUT2D eigenvalue weighted by Gasteiger charge is -2.24. The highest BCUT2D eigenvalue weighted by atomic mass is 31.1. The van der Waals surface area contributed by atoms with Crippen LogP contribution in [0.4, 0.5) is 0 Å². The predicted octanol–water partition coefficient (Wildman–Crippen LogP) is 6.13. The minimum Gasteiger partial charge on any atom is -0.336 e. The first-order chi connectivity index (χ1) is 11.9. The van der Waals surface area contributed by atoms with Crippen LogP contribution in [0, 0.1) is 0 Å². The first kappa shape index (κ1) is 14.4. The first-order valence-corrected chi connectivity index (χ1v) is 9.08. The van der Waals surface area contributed by atoms with E-state index in [2.05, 4.69) is 66.7 Å². The summed E-state index contributed by atoms with van der Waals surface area (Å²) in [6.45, 7) is 0.771. The summed E-state index contributed by atoms with van der Waals surface area (Å²) >= 11 is 0. The molecule has 1 aliphatic rings. The van der Waals surface area contributed by atoms with E-state index in [0.717, 1.165) is 13.0 Å². The molecule has 1 saturated heterocycles. The van der Waals surface area contributed by atoms with Gasteiger partial charge >= 0.3 is 0 Å². The standard InChI is InChI=1S/C21H17O2P/c1-2-5-16-13-19-17(12-15(16)4-1)9-8-14-6-3-7-18(21(14)19)20-10-11-22-24-23-20/h1-9,12-13,20,24H,10-11H2. The molecule has 2 unspecified atom stereocenters. The summed E-state index contributed by atoms with van der Waals surface area (Å²) in [6, 6.07) is 24.1. The van der Waals surface area contributed by atoms with Crippen molar-refractivity contribution in [2.45, 2.75) is 12.5 Å². The van der Waals surface area contributed by atoms with Crippen LogP contribution in [-0.2, 0) is 9.05 Å². The van der Waals surface area contributed by atoms with Crippen LogP contribution in [0.15, 0.2) is 66.7 Å². The molecule has 5 rings (SSSR count). The van der Waals surface area contributed by atoms with E-state index in [1.165, 1.54) is 37.9 Å². The average Bonchev–Trinajstić information content (AvgIpc) is 2.66. The highest BCUT2D eigenvalue weighted by Crippen LogP contribution is 2.40. The lowest BCUT2D eigenvalue weighted by Crippen LogP contribution is -2.08. The van der Waals surface area contributed by atoms with Gasteiger partial charge in [0.25, 0.3) is 0 Å². The summed E-state index contributed by atoms with van der Waals surface area (Å²) in [5.41, 5.74) is 1.28.